The monoisotopic (exact) mass is 289 g/mol. The number of pyridine rings is 1. The maximum atomic E-state index is 10.6. The standard InChI is InChI=1S/C16H23N3O2/c1-11-7-14(5-6-15(20)21)8-17-16(11)19-9-12(2)18(4)13(3)10-19/h5-8,12-13H,9-10H2,1-4H3,(H,20,21)/b6-5+. The molecule has 1 fully saturated rings. The Morgan fingerprint density at radius 2 is 2.00 bits per heavy atom. The first-order valence-corrected chi connectivity index (χ1v) is 7.23. The summed E-state index contributed by atoms with van der Waals surface area (Å²) in [5.41, 5.74) is 1.89. The van der Waals surface area contributed by atoms with Crippen molar-refractivity contribution in [1.29, 1.82) is 0 Å². The minimum atomic E-state index is -0.946. The molecule has 1 aliphatic heterocycles. The smallest absolute Gasteiger partial charge is 0.328 e. The third kappa shape index (κ3) is 3.61. The second-order valence-electron chi connectivity index (χ2n) is 5.85. The molecule has 1 aliphatic rings. The van der Waals surface area contributed by atoms with E-state index in [-0.39, 0.29) is 0 Å². The summed E-state index contributed by atoms with van der Waals surface area (Å²) in [5, 5.41) is 8.67. The first-order chi connectivity index (χ1) is 9.88. The maximum Gasteiger partial charge on any atom is 0.328 e. The van der Waals surface area contributed by atoms with Crippen molar-refractivity contribution in [3.63, 3.8) is 0 Å². The fraction of sp³-hybridized carbons (Fsp3) is 0.500. The van der Waals surface area contributed by atoms with Gasteiger partial charge in [-0.05, 0) is 51.1 Å². The van der Waals surface area contributed by atoms with E-state index in [1.165, 1.54) is 0 Å². The van der Waals surface area contributed by atoms with Gasteiger partial charge in [-0.2, -0.15) is 0 Å². The lowest BCUT2D eigenvalue weighted by atomic mass is 10.1. The fourth-order valence-corrected chi connectivity index (χ4v) is 2.76. The van der Waals surface area contributed by atoms with Gasteiger partial charge < -0.3 is 10.0 Å². The van der Waals surface area contributed by atoms with E-state index in [9.17, 15) is 4.79 Å². The molecule has 2 atom stereocenters. The average molecular weight is 289 g/mol. The van der Waals surface area contributed by atoms with Crippen LogP contribution in [0.4, 0.5) is 5.82 Å². The van der Waals surface area contributed by atoms with Crippen LogP contribution in [-0.2, 0) is 4.79 Å². The van der Waals surface area contributed by atoms with Gasteiger partial charge in [-0.15, -0.1) is 0 Å². The fourth-order valence-electron chi connectivity index (χ4n) is 2.76. The lowest BCUT2D eigenvalue weighted by Crippen LogP contribution is -2.55. The van der Waals surface area contributed by atoms with Crippen LogP contribution in [0.1, 0.15) is 25.0 Å². The Morgan fingerprint density at radius 3 is 2.52 bits per heavy atom. The topological polar surface area (TPSA) is 56.7 Å². The highest BCUT2D eigenvalue weighted by Gasteiger charge is 2.27. The van der Waals surface area contributed by atoms with Gasteiger partial charge in [0.25, 0.3) is 0 Å². The molecule has 1 aromatic rings. The average Bonchev–Trinajstić information content (AvgIpc) is 2.42. The lowest BCUT2D eigenvalue weighted by molar-refractivity contribution is -0.131. The largest absolute Gasteiger partial charge is 0.478 e. The Morgan fingerprint density at radius 1 is 1.38 bits per heavy atom. The first kappa shape index (κ1) is 15.5. The summed E-state index contributed by atoms with van der Waals surface area (Å²) >= 11 is 0. The number of hydrogen-bond acceptors (Lipinski definition) is 4. The van der Waals surface area contributed by atoms with Crippen molar-refractivity contribution in [3.8, 4) is 0 Å². The van der Waals surface area contributed by atoms with Gasteiger partial charge in [-0.3, -0.25) is 4.90 Å². The van der Waals surface area contributed by atoms with Crippen molar-refractivity contribution in [2.75, 3.05) is 25.0 Å². The molecule has 1 aromatic heterocycles. The van der Waals surface area contributed by atoms with Crippen molar-refractivity contribution >= 4 is 17.9 Å². The van der Waals surface area contributed by atoms with Gasteiger partial charge in [0, 0.05) is 37.4 Å². The molecule has 0 aromatic carbocycles. The highest BCUT2D eigenvalue weighted by atomic mass is 16.4. The molecule has 0 saturated carbocycles. The first-order valence-electron chi connectivity index (χ1n) is 7.23. The van der Waals surface area contributed by atoms with Crippen molar-refractivity contribution in [3.05, 3.63) is 29.5 Å². The molecular weight excluding hydrogens is 266 g/mol. The van der Waals surface area contributed by atoms with E-state index < -0.39 is 5.97 Å². The summed E-state index contributed by atoms with van der Waals surface area (Å²) in [6.07, 6.45) is 4.44. The molecule has 0 spiro atoms. The van der Waals surface area contributed by atoms with Gasteiger partial charge in [0.05, 0.1) is 0 Å². The van der Waals surface area contributed by atoms with Crippen LogP contribution in [0, 0.1) is 6.92 Å². The van der Waals surface area contributed by atoms with Gasteiger partial charge in [0.1, 0.15) is 5.82 Å². The predicted molar refractivity (Wildman–Crippen MR) is 84.5 cm³/mol. The second-order valence-corrected chi connectivity index (χ2v) is 5.85. The van der Waals surface area contributed by atoms with E-state index in [0.717, 1.165) is 36.1 Å². The van der Waals surface area contributed by atoms with Crippen LogP contribution in [0.3, 0.4) is 0 Å². The number of likely N-dealkylation sites (N-methyl/N-ethyl adjacent to an activating group) is 1. The third-order valence-corrected chi connectivity index (χ3v) is 4.15. The van der Waals surface area contributed by atoms with Crippen LogP contribution in [0.15, 0.2) is 18.3 Å². The highest BCUT2D eigenvalue weighted by Crippen LogP contribution is 2.23. The number of anilines is 1. The summed E-state index contributed by atoms with van der Waals surface area (Å²) in [6.45, 7) is 8.38. The van der Waals surface area contributed by atoms with E-state index >= 15 is 0 Å². The normalized spacial score (nSPS) is 23.7. The Kier molecular flexibility index (Phi) is 4.63. The molecule has 2 rings (SSSR count). The zero-order chi connectivity index (χ0) is 15.6. The number of carbonyl (C=O) groups is 1. The molecule has 2 unspecified atom stereocenters. The summed E-state index contributed by atoms with van der Waals surface area (Å²) in [4.78, 5) is 19.8. The molecule has 0 aliphatic carbocycles. The maximum absolute atomic E-state index is 10.6. The molecule has 114 valence electrons. The Balaban J connectivity index is 2.19. The van der Waals surface area contributed by atoms with Gasteiger partial charge in [0.15, 0.2) is 0 Å². The number of piperazine rings is 1. The van der Waals surface area contributed by atoms with Crippen LogP contribution < -0.4 is 4.90 Å². The number of aliphatic carboxylic acids is 1. The van der Waals surface area contributed by atoms with Gasteiger partial charge in [-0.25, -0.2) is 9.78 Å². The molecule has 0 bridgehead atoms. The van der Waals surface area contributed by atoms with Crippen LogP contribution in [0.2, 0.25) is 0 Å². The van der Waals surface area contributed by atoms with Gasteiger partial charge in [-0.1, -0.05) is 0 Å². The van der Waals surface area contributed by atoms with Crippen LogP contribution >= 0.6 is 0 Å². The zero-order valence-corrected chi connectivity index (χ0v) is 13.1. The molecular formula is C16H23N3O2. The number of aromatic nitrogens is 1. The minimum absolute atomic E-state index is 0.488. The molecule has 1 N–H and O–H groups in total. The Bertz CT molecular complexity index is 544. The van der Waals surface area contributed by atoms with E-state index in [1.54, 1.807) is 12.3 Å². The minimum Gasteiger partial charge on any atom is -0.478 e. The molecule has 1 saturated heterocycles. The van der Waals surface area contributed by atoms with Crippen molar-refractivity contribution in [1.82, 2.24) is 9.88 Å². The number of rotatable bonds is 3. The number of hydrogen-bond donors (Lipinski definition) is 1. The molecule has 0 amide bonds. The van der Waals surface area contributed by atoms with E-state index in [1.807, 2.05) is 13.0 Å². The lowest BCUT2D eigenvalue weighted by Gasteiger charge is -2.43. The molecule has 21 heavy (non-hydrogen) atoms. The SMILES string of the molecule is Cc1cc(/C=C/C(=O)O)cnc1N1CC(C)N(C)C(C)C1. The van der Waals surface area contributed by atoms with Crippen LogP contribution in [0.25, 0.3) is 6.08 Å². The predicted octanol–water partition coefficient (Wildman–Crippen LogP) is 2.02. The zero-order valence-electron chi connectivity index (χ0n) is 13.1. The number of nitrogens with zero attached hydrogens (tertiary/aromatic N) is 3. The summed E-state index contributed by atoms with van der Waals surface area (Å²) in [6, 6.07) is 2.96. The van der Waals surface area contributed by atoms with Crippen LogP contribution in [0.5, 0.6) is 0 Å². The Hall–Kier alpha value is -1.88. The van der Waals surface area contributed by atoms with Crippen molar-refractivity contribution in [2.45, 2.75) is 32.9 Å². The summed E-state index contributed by atoms with van der Waals surface area (Å²) in [7, 11) is 2.16. The van der Waals surface area contributed by atoms with Crippen LogP contribution in [-0.4, -0.2) is 53.2 Å². The molecule has 2 heterocycles. The number of aryl methyl sites for hydroxylation is 1. The number of carboxylic acids is 1. The van der Waals surface area contributed by atoms with Gasteiger partial charge in [0.2, 0.25) is 0 Å². The quantitative estimate of drug-likeness (QED) is 0.863. The summed E-state index contributed by atoms with van der Waals surface area (Å²) < 4.78 is 0. The molecule has 0 radical (unpaired) electrons. The highest BCUT2D eigenvalue weighted by molar-refractivity contribution is 5.85. The number of carboxylic acid groups (broad SMARTS) is 1. The van der Waals surface area contributed by atoms with Crippen molar-refractivity contribution < 1.29 is 9.90 Å². The molecule has 5 heteroatoms. The summed E-state index contributed by atoms with van der Waals surface area (Å²) in [5.74, 6) is 0.0488. The third-order valence-electron chi connectivity index (χ3n) is 4.15. The van der Waals surface area contributed by atoms with E-state index in [0.29, 0.717) is 12.1 Å². The molecule has 5 nitrogen and oxygen atoms in total. The van der Waals surface area contributed by atoms with E-state index in [2.05, 4.69) is 35.7 Å². The van der Waals surface area contributed by atoms with Gasteiger partial charge >= 0.3 is 5.97 Å². The Labute approximate surface area is 125 Å². The second kappa shape index (κ2) is 6.26. The van der Waals surface area contributed by atoms with E-state index in [4.69, 9.17) is 5.11 Å². The van der Waals surface area contributed by atoms with Crippen molar-refractivity contribution in [2.24, 2.45) is 0 Å².